The first-order valence-electron chi connectivity index (χ1n) is 7.88. The molecule has 1 amide bonds. The van der Waals surface area contributed by atoms with E-state index in [0.717, 1.165) is 29.4 Å². The van der Waals surface area contributed by atoms with Gasteiger partial charge in [-0.15, -0.1) is 11.8 Å². The Hall–Kier alpha value is -1.46. The van der Waals surface area contributed by atoms with E-state index in [1.165, 1.54) is 18.4 Å². The normalized spacial score (nSPS) is 15.0. The quantitative estimate of drug-likeness (QED) is 0.833. The molecule has 1 aliphatic carbocycles. The minimum Gasteiger partial charge on any atom is -0.310 e. The first-order chi connectivity index (χ1) is 11.2. The molecule has 1 aromatic carbocycles. The van der Waals surface area contributed by atoms with Gasteiger partial charge in [-0.3, -0.25) is 4.79 Å². The van der Waals surface area contributed by atoms with Crippen molar-refractivity contribution < 1.29 is 4.79 Å². The summed E-state index contributed by atoms with van der Waals surface area (Å²) < 4.78 is 1.97. The van der Waals surface area contributed by atoms with Crippen molar-refractivity contribution in [3.05, 3.63) is 47.1 Å². The number of carbonyl (C=O) groups is 1. The van der Waals surface area contributed by atoms with Crippen LogP contribution in [0.3, 0.4) is 0 Å². The number of aromatic nitrogens is 2. The van der Waals surface area contributed by atoms with Crippen LogP contribution in [0.2, 0.25) is 5.02 Å². The van der Waals surface area contributed by atoms with Crippen molar-refractivity contribution in [3.8, 4) is 0 Å². The highest BCUT2D eigenvalue weighted by molar-refractivity contribution is 7.99. The second kappa shape index (κ2) is 7.88. The highest BCUT2D eigenvalue weighted by Gasteiger charge is 2.20. The number of amides is 1. The third-order valence-electron chi connectivity index (χ3n) is 4.02. The van der Waals surface area contributed by atoms with Gasteiger partial charge < -0.3 is 5.32 Å². The molecule has 0 aliphatic heterocycles. The Morgan fingerprint density at radius 1 is 1.26 bits per heavy atom. The van der Waals surface area contributed by atoms with Crippen LogP contribution in [0.15, 0.2) is 36.5 Å². The maximum Gasteiger partial charge on any atom is 0.235 e. The van der Waals surface area contributed by atoms with Crippen LogP contribution in [0.1, 0.15) is 37.3 Å². The molecule has 0 bridgehead atoms. The standard InChI is InChI=1S/C17H20ClN3OS/c18-14-7-5-13(6-8-14)11-23-12-17(22)20-16-9-10-19-21(16)15-3-1-2-4-15/h5-10,15H,1-4,11-12H2,(H,20,22). The first kappa shape index (κ1) is 16.4. The van der Waals surface area contributed by atoms with Gasteiger partial charge in [-0.05, 0) is 30.5 Å². The van der Waals surface area contributed by atoms with E-state index in [1.54, 1.807) is 18.0 Å². The molecule has 1 heterocycles. The zero-order chi connectivity index (χ0) is 16.1. The number of halogens is 1. The SMILES string of the molecule is O=C(CSCc1ccc(Cl)cc1)Nc1ccnn1C1CCCC1. The number of hydrogen-bond donors (Lipinski definition) is 1. The Morgan fingerprint density at radius 3 is 2.74 bits per heavy atom. The number of benzene rings is 1. The van der Waals surface area contributed by atoms with Gasteiger partial charge in [0, 0.05) is 16.8 Å². The van der Waals surface area contributed by atoms with Gasteiger partial charge in [-0.1, -0.05) is 36.6 Å². The molecule has 23 heavy (non-hydrogen) atoms. The molecule has 1 N–H and O–H groups in total. The third kappa shape index (κ3) is 4.52. The maximum atomic E-state index is 12.1. The number of carbonyl (C=O) groups excluding carboxylic acids is 1. The van der Waals surface area contributed by atoms with Crippen molar-refractivity contribution in [3.63, 3.8) is 0 Å². The summed E-state index contributed by atoms with van der Waals surface area (Å²) in [6.45, 7) is 0. The van der Waals surface area contributed by atoms with Gasteiger partial charge in [0.2, 0.25) is 5.91 Å². The van der Waals surface area contributed by atoms with Gasteiger partial charge in [0.1, 0.15) is 5.82 Å². The molecule has 1 fully saturated rings. The highest BCUT2D eigenvalue weighted by Crippen LogP contribution is 2.31. The fourth-order valence-electron chi connectivity index (χ4n) is 2.87. The predicted molar refractivity (Wildman–Crippen MR) is 96.0 cm³/mol. The van der Waals surface area contributed by atoms with Gasteiger partial charge in [0.25, 0.3) is 0 Å². The average Bonchev–Trinajstić information content (AvgIpc) is 3.20. The molecule has 0 unspecified atom stereocenters. The van der Waals surface area contributed by atoms with Crippen LogP contribution >= 0.6 is 23.4 Å². The van der Waals surface area contributed by atoms with E-state index in [-0.39, 0.29) is 5.91 Å². The summed E-state index contributed by atoms with van der Waals surface area (Å²) in [5.74, 6) is 2.06. The summed E-state index contributed by atoms with van der Waals surface area (Å²) in [5, 5.41) is 8.09. The third-order valence-corrected chi connectivity index (χ3v) is 5.28. The van der Waals surface area contributed by atoms with Crippen molar-refractivity contribution in [2.24, 2.45) is 0 Å². The number of nitrogens with zero attached hydrogens (tertiary/aromatic N) is 2. The number of rotatable bonds is 6. The maximum absolute atomic E-state index is 12.1. The Bertz CT molecular complexity index is 650. The predicted octanol–water partition coefficient (Wildman–Crippen LogP) is 4.52. The minimum atomic E-state index is 0.0173. The largest absolute Gasteiger partial charge is 0.310 e. The molecule has 122 valence electrons. The summed E-state index contributed by atoms with van der Waals surface area (Å²) in [7, 11) is 0. The van der Waals surface area contributed by atoms with Crippen LogP contribution in [0.4, 0.5) is 5.82 Å². The van der Waals surface area contributed by atoms with Crippen LogP contribution < -0.4 is 5.32 Å². The lowest BCUT2D eigenvalue weighted by Crippen LogP contribution is -2.19. The summed E-state index contributed by atoms with van der Waals surface area (Å²) in [4.78, 5) is 12.1. The highest BCUT2D eigenvalue weighted by atomic mass is 35.5. The van der Waals surface area contributed by atoms with Crippen molar-refractivity contribution in [1.82, 2.24) is 9.78 Å². The number of anilines is 1. The molecule has 1 saturated carbocycles. The molecule has 0 spiro atoms. The van der Waals surface area contributed by atoms with Gasteiger partial charge in [0.05, 0.1) is 18.0 Å². The Balaban J connectivity index is 1.48. The minimum absolute atomic E-state index is 0.0173. The molecule has 0 atom stereocenters. The van der Waals surface area contributed by atoms with E-state index in [2.05, 4.69) is 10.4 Å². The fraction of sp³-hybridized carbons (Fsp3) is 0.412. The topological polar surface area (TPSA) is 46.9 Å². The molecule has 2 aromatic rings. The van der Waals surface area contributed by atoms with Crippen LogP contribution in [0.5, 0.6) is 0 Å². The zero-order valence-electron chi connectivity index (χ0n) is 12.9. The van der Waals surface area contributed by atoms with Crippen LogP contribution in [-0.4, -0.2) is 21.4 Å². The van der Waals surface area contributed by atoms with Crippen LogP contribution in [0, 0.1) is 0 Å². The van der Waals surface area contributed by atoms with Crippen LogP contribution in [-0.2, 0) is 10.5 Å². The fourth-order valence-corrected chi connectivity index (χ4v) is 3.79. The van der Waals surface area contributed by atoms with E-state index in [4.69, 9.17) is 11.6 Å². The molecule has 0 saturated heterocycles. The van der Waals surface area contributed by atoms with E-state index < -0.39 is 0 Å². The second-order valence-corrected chi connectivity index (χ2v) is 7.19. The Kier molecular flexibility index (Phi) is 5.62. The zero-order valence-corrected chi connectivity index (χ0v) is 14.4. The molecule has 1 aromatic heterocycles. The molecule has 4 nitrogen and oxygen atoms in total. The lowest BCUT2D eigenvalue weighted by atomic mass is 10.2. The number of hydrogen-bond acceptors (Lipinski definition) is 3. The van der Waals surface area contributed by atoms with E-state index in [9.17, 15) is 4.79 Å². The van der Waals surface area contributed by atoms with Gasteiger partial charge >= 0.3 is 0 Å². The summed E-state index contributed by atoms with van der Waals surface area (Å²) >= 11 is 7.46. The molecular weight excluding hydrogens is 330 g/mol. The van der Waals surface area contributed by atoms with Gasteiger partial charge in [-0.25, -0.2) is 4.68 Å². The monoisotopic (exact) mass is 349 g/mol. The number of thioether (sulfide) groups is 1. The first-order valence-corrected chi connectivity index (χ1v) is 9.41. The van der Waals surface area contributed by atoms with E-state index >= 15 is 0 Å². The lowest BCUT2D eigenvalue weighted by Gasteiger charge is -2.14. The van der Waals surface area contributed by atoms with E-state index in [0.29, 0.717) is 11.8 Å². The van der Waals surface area contributed by atoms with Crippen molar-refractivity contribution >= 4 is 35.1 Å². The average molecular weight is 350 g/mol. The molecule has 1 aliphatic rings. The molecule has 0 radical (unpaired) electrons. The number of nitrogens with one attached hydrogen (secondary N) is 1. The van der Waals surface area contributed by atoms with Crippen molar-refractivity contribution in [2.75, 3.05) is 11.1 Å². The molecule has 6 heteroatoms. The van der Waals surface area contributed by atoms with Gasteiger partial charge in [-0.2, -0.15) is 5.10 Å². The Labute approximate surface area is 145 Å². The van der Waals surface area contributed by atoms with Crippen molar-refractivity contribution in [2.45, 2.75) is 37.5 Å². The second-order valence-electron chi connectivity index (χ2n) is 5.77. The van der Waals surface area contributed by atoms with Crippen LogP contribution in [0.25, 0.3) is 0 Å². The van der Waals surface area contributed by atoms with Gasteiger partial charge in [0.15, 0.2) is 0 Å². The van der Waals surface area contributed by atoms with E-state index in [1.807, 2.05) is 35.0 Å². The summed E-state index contributed by atoms with van der Waals surface area (Å²) in [5.41, 5.74) is 1.17. The molecule has 3 rings (SSSR count). The summed E-state index contributed by atoms with van der Waals surface area (Å²) in [6.07, 6.45) is 6.55. The van der Waals surface area contributed by atoms with Crippen molar-refractivity contribution in [1.29, 1.82) is 0 Å². The molecular formula is C17H20ClN3OS. The summed E-state index contributed by atoms with van der Waals surface area (Å²) in [6, 6.07) is 10.0. The smallest absolute Gasteiger partial charge is 0.235 e. The Morgan fingerprint density at radius 2 is 2.00 bits per heavy atom. The lowest BCUT2D eigenvalue weighted by molar-refractivity contribution is -0.113.